The molecule has 0 aliphatic carbocycles. The van der Waals surface area contributed by atoms with Gasteiger partial charge in [-0.05, 0) is 12.8 Å². The van der Waals surface area contributed by atoms with Crippen molar-refractivity contribution in [1.29, 1.82) is 0 Å². The fourth-order valence-electron chi connectivity index (χ4n) is 2.52. The van der Waals surface area contributed by atoms with Crippen molar-refractivity contribution in [1.82, 2.24) is 10.4 Å². The summed E-state index contributed by atoms with van der Waals surface area (Å²) < 4.78 is 0. The summed E-state index contributed by atoms with van der Waals surface area (Å²) >= 11 is 0. The van der Waals surface area contributed by atoms with Crippen molar-refractivity contribution in [2.75, 3.05) is 13.1 Å². The van der Waals surface area contributed by atoms with Crippen LogP contribution in [0.1, 0.15) is 90.9 Å². The molecule has 0 aromatic heterocycles. The van der Waals surface area contributed by atoms with Gasteiger partial charge in [-0.3, -0.25) is 5.43 Å². The fraction of sp³-hybridized carbons (Fsp3) is 0.941. The molecule has 0 saturated heterocycles. The van der Waals surface area contributed by atoms with E-state index in [4.69, 9.17) is 0 Å². The van der Waals surface area contributed by atoms with E-state index in [1.54, 1.807) is 0 Å². The summed E-state index contributed by atoms with van der Waals surface area (Å²) in [6, 6.07) is 0. The molecule has 0 aromatic rings. The van der Waals surface area contributed by atoms with E-state index in [-0.39, 0.29) is 0 Å². The minimum atomic E-state index is -1.19. The fourth-order valence-corrected chi connectivity index (χ4v) is 2.52. The van der Waals surface area contributed by atoms with Crippen LogP contribution < -0.4 is 5.43 Å². The van der Waals surface area contributed by atoms with Gasteiger partial charge in [0.2, 0.25) is 0 Å². The lowest BCUT2D eigenvalue weighted by molar-refractivity contribution is 0.116. The molecule has 0 spiro atoms. The van der Waals surface area contributed by atoms with Gasteiger partial charge in [-0.2, -0.15) is 0 Å². The molecule has 0 aromatic carbocycles. The highest BCUT2D eigenvalue weighted by molar-refractivity contribution is 5.63. The Morgan fingerprint density at radius 3 is 1.48 bits per heavy atom. The van der Waals surface area contributed by atoms with Gasteiger partial charge in [0, 0.05) is 13.1 Å². The van der Waals surface area contributed by atoms with Crippen LogP contribution in [0.15, 0.2) is 0 Å². The Kier molecular flexibility index (Phi) is 15.0. The van der Waals surface area contributed by atoms with Gasteiger partial charge >= 0.3 is 6.09 Å². The van der Waals surface area contributed by atoms with E-state index in [9.17, 15) is 9.90 Å². The van der Waals surface area contributed by atoms with Crippen LogP contribution in [0.25, 0.3) is 0 Å². The zero-order valence-corrected chi connectivity index (χ0v) is 14.2. The zero-order valence-electron chi connectivity index (χ0n) is 14.2. The molecule has 0 rings (SSSR count). The predicted octanol–water partition coefficient (Wildman–Crippen LogP) is 5.06. The summed E-state index contributed by atoms with van der Waals surface area (Å²) in [6.45, 7) is 6.03. The first-order valence-corrected chi connectivity index (χ1v) is 8.93. The van der Waals surface area contributed by atoms with Crippen molar-refractivity contribution in [3.63, 3.8) is 0 Å². The summed E-state index contributed by atoms with van der Waals surface area (Å²) in [6.07, 6.45) is 13.5. The largest absolute Gasteiger partial charge is 0.464 e. The average Bonchev–Trinajstić information content (AvgIpc) is 2.45. The second-order valence-corrected chi connectivity index (χ2v) is 5.92. The van der Waals surface area contributed by atoms with Gasteiger partial charge < -0.3 is 0 Å². The topological polar surface area (TPSA) is 52.2 Å². The van der Waals surface area contributed by atoms with Crippen LogP contribution in [0.2, 0.25) is 0 Å². The quantitative estimate of drug-likeness (QED) is 0.339. The highest BCUT2D eigenvalue weighted by Crippen LogP contribution is 2.08. The lowest BCUT2D eigenvalue weighted by atomic mass is 10.1. The molecule has 1 N–H and O–H groups in total. The molecule has 4 heteroatoms. The van der Waals surface area contributed by atoms with E-state index in [0.29, 0.717) is 0 Å². The molecule has 1 amide bonds. The first-order valence-electron chi connectivity index (χ1n) is 8.93. The van der Waals surface area contributed by atoms with Crippen molar-refractivity contribution in [2.45, 2.75) is 90.9 Å². The Labute approximate surface area is 131 Å². The van der Waals surface area contributed by atoms with E-state index in [1.165, 1.54) is 64.2 Å². The Morgan fingerprint density at radius 1 is 0.714 bits per heavy atom. The molecule has 0 unspecified atom stereocenters. The molecular formula is C17H35N2O2. The number of hydrogen-bond donors (Lipinski definition) is 1. The molecule has 0 heterocycles. The highest BCUT2D eigenvalue weighted by Gasteiger charge is 2.08. The number of carbonyl (C=O) groups is 1. The maximum Gasteiger partial charge on any atom is 0.464 e. The van der Waals surface area contributed by atoms with Crippen LogP contribution in [0.5, 0.6) is 0 Å². The van der Waals surface area contributed by atoms with Crippen LogP contribution in [0.3, 0.4) is 0 Å². The summed E-state index contributed by atoms with van der Waals surface area (Å²) in [4.78, 5) is 10.7. The van der Waals surface area contributed by atoms with Crippen molar-refractivity contribution in [2.24, 2.45) is 0 Å². The zero-order chi connectivity index (χ0) is 15.8. The normalized spacial score (nSPS) is 11.0. The smallest absolute Gasteiger partial charge is 0.251 e. The van der Waals surface area contributed by atoms with Crippen molar-refractivity contribution in [3.05, 3.63) is 0 Å². The van der Waals surface area contributed by atoms with Crippen molar-refractivity contribution in [3.8, 4) is 0 Å². The standard InChI is InChI=1S/C17H35N2O2/c1-3-5-7-9-11-13-15-19(18-17(20)21)16-14-12-10-8-6-4-2/h18H,3-16H2,1-2H3. The van der Waals surface area contributed by atoms with Gasteiger partial charge in [0.1, 0.15) is 0 Å². The van der Waals surface area contributed by atoms with E-state index in [0.717, 1.165) is 25.9 Å². The average molecular weight is 299 g/mol. The Balaban J connectivity index is 3.64. The summed E-state index contributed by atoms with van der Waals surface area (Å²) in [5.74, 6) is 0. The van der Waals surface area contributed by atoms with Gasteiger partial charge in [0.25, 0.3) is 0 Å². The van der Waals surface area contributed by atoms with Gasteiger partial charge in [-0.25, -0.2) is 14.9 Å². The van der Waals surface area contributed by atoms with Crippen molar-refractivity contribution >= 4 is 6.09 Å². The number of carbonyl (C=O) groups excluding carboxylic acids is 1. The second kappa shape index (κ2) is 15.6. The Hall–Kier alpha value is -0.770. The third-order valence-corrected chi connectivity index (χ3v) is 3.81. The van der Waals surface area contributed by atoms with Crippen LogP contribution in [0.4, 0.5) is 4.79 Å². The number of nitrogens with zero attached hydrogens (tertiary/aromatic N) is 1. The molecular weight excluding hydrogens is 264 g/mol. The third-order valence-electron chi connectivity index (χ3n) is 3.81. The maximum atomic E-state index is 10.7. The van der Waals surface area contributed by atoms with Crippen LogP contribution >= 0.6 is 0 Å². The van der Waals surface area contributed by atoms with Crippen LogP contribution in [-0.4, -0.2) is 24.2 Å². The molecule has 0 aliphatic rings. The molecule has 0 aliphatic heterocycles. The first-order chi connectivity index (χ1) is 10.2. The lowest BCUT2D eigenvalue weighted by Crippen LogP contribution is -2.42. The Morgan fingerprint density at radius 2 is 1.10 bits per heavy atom. The molecule has 0 atom stereocenters. The van der Waals surface area contributed by atoms with E-state index >= 15 is 0 Å². The first kappa shape index (κ1) is 20.2. The van der Waals surface area contributed by atoms with Gasteiger partial charge in [-0.15, -0.1) is 0 Å². The molecule has 0 saturated carbocycles. The minimum absolute atomic E-state index is 0.801. The van der Waals surface area contributed by atoms with Gasteiger partial charge in [0.15, 0.2) is 0 Å². The highest BCUT2D eigenvalue weighted by atomic mass is 16.4. The number of unbranched alkanes of at least 4 members (excludes halogenated alkanes) is 10. The second-order valence-electron chi connectivity index (χ2n) is 5.92. The molecule has 125 valence electrons. The number of hydrogen-bond acceptors (Lipinski definition) is 2. The minimum Gasteiger partial charge on any atom is -0.251 e. The monoisotopic (exact) mass is 299 g/mol. The number of rotatable bonds is 15. The van der Waals surface area contributed by atoms with E-state index < -0.39 is 6.09 Å². The number of amides is 1. The number of hydrazine groups is 1. The van der Waals surface area contributed by atoms with E-state index in [2.05, 4.69) is 19.3 Å². The van der Waals surface area contributed by atoms with E-state index in [1.807, 2.05) is 5.01 Å². The lowest BCUT2D eigenvalue weighted by Gasteiger charge is -2.20. The summed E-state index contributed by atoms with van der Waals surface area (Å²) in [5, 5.41) is 12.5. The third kappa shape index (κ3) is 15.4. The van der Waals surface area contributed by atoms with Crippen molar-refractivity contribution < 1.29 is 9.90 Å². The molecule has 21 heavy (non-hydrogen) atoms. The summed E-state index contributed by atoms with van der Waals surface area (Å²) in [7, 11) is 0. The molecule has 4 nitrogen and oxygen atoms in total. The van der Waals surface area contributed by atoms with Crippen LogP contribution in [0, 0.1) is 0 Å². The number of nitrogens with one attached hydrogen (secondary N) is 1. The Bertz CT molecular complexity index is 219. The maximum absolute atomic E-state index is 10.7. The van der Waals surface area contributed by atoms with Gasteiger partial charge in [-0.1, -0.05) is 78.1 Å². The van der Waals surface area contributed by atoms with Gasteiger partial charge in [0.05, 0.1) is 0 Å². The predicted molar refractivity (Wildman–Crippen MR) is 87.5 cm³/mol. The van der Waals surface area contributed by atoms with Crippen LogP contribution in [-0.2, 0) is 5.11 Å². The molecule has 1 radical (unpaired) electrons. The molecule has 0 fully saturated rings. The summed E-state index contributed by atoms with van der Waals surface area (Å²) in [5.41, 5.74) is 2.42. The SMILES string of the molecule is CCCCCCCCN(CCCCCCCC)NC([O])=O. The molecule has 0 bridgehead atoms.